The number of benzene rings is 1. The summed E-state index contributed by atoms with van der Waals surface area (Å²) in [6.45, 7) is 0.510. The number of aromatic hydroxyl groups is 1. The van der Waals surface area contributed by atoms with Crippen molar-refractivity contribution in [3.8, 4) is 5.75 Å². The van der Waals surface area contributed by atoms with E-state index in [1.54, 1.807) is 0 Å². The molecule has 0 bridgehead atoms. The lowest BCUT2D eigenvalue weighted by Crippen LogP contribution is -2.48. The highest BCUT2D eigenvalue weighted by molar-refractivity contribution is 5.96. The lowest BCUT2D eigenvalue weighted by atomic mass is 9.85. The highest BCUT2D eigenvalue weighted by atomic mass is 19.4. The van der Waals surface area contributed by atoms with Crippen molar-refractivity contribution in [3.63, 3.8) is 0 Å². The highest BCUT2D eigenvalue weighted by Gasteiger charge is 2.64. The minimum absolute atomic E-state index is 0.0135. The first kappa shape index (κ1) is 24.9. The second-order valence-electron chi connectivity index (χ2n) is 8.79. The van der Waals surface area contributed by atoms with E-state index in [1.807, 2.05) is 5.32 Å². The fraction of sp³-hybridized carbons (Fsp3) is 0.435. The van der Waals surface area contributed by atoms with Gasteiger partial charge >= 0.3 is 6.18 Å². The van der Waals surface area contributed by atoms with E-state index < -0.39 is 41.4 Å². The maximum atomic E-state index is 14.7. The Morgan fingerprint density at radius 3 is 2.43 bits per heavy atom. The molecular formula is C23H23F4N3O5. The Morgan fingerprint density at radius 1 is 1.11 bits per heavy atom. The van der Waals surface area contributed by atoms with Gasteiger partial charge in [0.2, 0.25) is 5.91 Å². The maximum Gasteiger partial charge on any atom is 0.411 e. The zero-order chi connectivity index (χ0) is 25.4. The third kappa shape index (κ3) is 5.22. The summed E-state index contributed by atoms with van der Waals surface area (Å²) in [6, 6.07) is 4.49. The molecule has 0 radical (unpaired) electrons. The van der Waals surface area contributed by atoms with Gasteiger partial charge in [-0.15, -0.1) is 0 Å². The minimum atomic E-state index is -4.58. The van der Waals surface area contributed by atoms with Gasteiger partial charge in [-0.1, -0.05) is 0 Å². The Bertz CT molecular complexity index is 1140. The van der Waals surface area contributed by atoms with Crippen LogP contribution in [0.4, 0.5) is 23.2 Å². The van der Waals surface area contributed by atoms with Gasteiger partial charge in [0.25, 0.3) is 5.91 Å². The molecule has 188 valence electrons. The number of nitrogens with one attached hydrogen (secondary N) is 2. The molecule has 1 aromatic heterocycles. The summed E-state index contributed by atoms with van der Waals surface area (Å²) in [4.78, 5) is 28.5. The van der Waals surface area contributed by atoms with E-state index in [2.05, 4.69) is 10.3 Å². The largest absolute Gasteiger partial charge is 0.508 e. The first-order valence-electron chi connectivity index (χ1n) is 10.9. The molecule has 4 N–H and O–H groups in total. The molecule has 0 spiro atoms. The molecule has 2 heterocycles. The van der Waals surface area contributed by atoms with Crippen LogP contribution in [0.1, 0.15) is 47.3 Å². The van der Waals surface area contributed by atoms with Crippen molar-refractivity contribution in [1.82, 2.24) is 10.3 Å². The second-order valence-corrected chi connectivity index (χ2v) is 8.79. The molecule has 2 aliphatic rings. The molecule has 2 aromatic rings. The molecule has 0 unspecified atom stereocenters. The number of carbonyl (C=O) groups excluding carboxylic acids is 2. The number of phenols is 1. The van der Waals surface area contributed by atoms with E-state index in [1.165, 1.54) is 6.07 Å². The van der Waals surface area contributed by atoms with Crippen LogP contribution in [0.3, 0.4) is 0 Å². The van der Waals surface area contributed by atoms with E-state index in [4.69, 9.17) is 4.74 Å². The number of nitrogens with zero attached hydrogens (tertiary/aromatic N) is 1. The normalized spacial score (nSPS) is 18.5. The van der Waals surface area contributed by atoms with Crippen LogP contribution >= 0.6 is 0 Å². The number of phenolic OH excluding ortho intramolecular Hbond substituents is 1. The number of aliphatic hydroxyl groups is 1. The first-order valence-corrected chi connectivity index (χ1v) is 10.9. The Balaban J connectivity index is 1.43. The molecule has 1 saturated heterocycles. The van der Waals surface area contributed by atoms with Gasteiger partial charge in [-0.25, -0.2) is 4.39 Å². The summed E-state index contributed by atoms with van der Waals surface area (Å²) in [7, 11) is 0. The number of hydrogen-bond acceptors (Lipinski definition) is 6. The first-order chi connectivity index (χ1) is 16.4. The van der Waals surface area contributed by atoms with Crippen LogP contribution in [0.15, 0.2) is 30.5 Å². The zero-order valence-corrected chi connectivity index (χ0v) is 18.4. The lowest BCUT2D eigenvalue weighted by Gasteiger charge is -2.33. The summed E-state index contributed by atoms with van der Waals surface area (Å²) < 4.78 is 59.1. The number of pyridine rings is 1. The van der Waals surface area contributed by atoms with Crippen molar-refractivity contribution in [3.05, 3.63) is 53.1 Å². The van der Waals surface area contributed by atoms with E-state index in [-0.39, 0.29) is 67.2 Å². The molecule has 4 rings (SSSR count). The Hall–Kier alpha value is -3.25. The number of alkyl halides is 3. The topological polar surface area (TPSA) is 121 Å². The Kier molecular flexibility index (Phi) is 6.45. The molecule has 0 atom stereocenters. The number of amides is 2. The lowest BCUT2D eigenvalue weighted by molar-refractivity contribution is -0.163. The van der Waals surface area contributed by atoms with Gasteiger partial charge in [0.1, 0.15) is 22.8 Å². The van der Waals surface area contributed by atoms with E-state index in [9.17, 15) is 37.4 Å². The average Bonchev–Trinajstić information content (AvgIpc) is 3.57. The molecule has 2 fully saturated rings. The summed E-state index contributed by atoms with van der Waals surface area (Å²) in [6.07, 6.45) is -4.00. The van der Waals surface area contributed by atoms with E-state index >= 15 is 0 Å². The van der Waals surface area contributed by atoms with Crippen LogP contribution in [-0.2, 0) is 21.6 Å². The van der Waals surface area contributed by atoms with Crippen molar-refractivity contribution in [2.45, 2.75) is 49.4 Å². The molecule has 1 aliphatic heterocycles. The molecule has 2 amide bonds. The highest BCUT2D eigenvalue weighted by Crippen LogP contribution is 2.49. The van der Waals surface area contributed by atoms with Gasteiger partial charge < -0.3 is 25.6 Å². The third-order valence-electron chi connectivity index (χ3n) is 6.26. The number of aromatic nitrogens is 1. The SMILES string of the molecule is O=C(Cc1cc(O)c(C2(O)CCOCC2)cc1F)Nc1ccnc(C(=O)NC2(C(F)(F)F)CC2)c1. The number of carbonyl (C=O) groups is 2. The predicted octanol–water partition coefficient (Wildman–Crippen LogP) is 2.93. The van der Waals surface area contributed by atoms with Crippen LogP contribution in [-0.4, -0.2) is 51.9 Å². The molecular weight excluding hydrogens is 474 g/mol. The summed E-state index contributed by atoms with van der Waals surface area (Å²) >= 11 is 0. The smallest absolute Gasteiger partial charge is 0.411 e. The standard InChI is InChI=1S/C23H23F4N3O5/c24-16-12-15(21(34)4-7-35-8-5-21)18(31)9-13(16)10-19(32)29-14-1-6-28-17(11-14)20(33)30-22(2-3-22)23(25,26)27/h1,6,9,11-12,31,34H,2-5,7-8,10H2,(H,30,33)(H,28,29,32). The van der Waals surface area contributed by atoms with Crippen LogP contribution in [0.2, 0.25) is 0 Å². The quantitative estimate of drug-likeness (QED) is 0.456. The van der Waals surface area contributed by atoms with Crippen molar-refractivity contribution in [2.24, 2.45) is 0 Å². The number of ether oxygens (including phenoxy) is 1. The monoisotopic (exact) mass is 497 g/mol. The van der Waals surface area contributed by atoms with Crippen LogP contribution in [0, 0.1) is 5.82 Å². The molecule has 8 nitrogen and oxygen atoms in total. The number of hydrogen-bond donors (Lipinski definition) is 4. The van der Waals surface area contributed by atoms with Crippen molar-refractivity contribution >= 4 is 17.5 Å². The summed E-state index contributed by atoms with van der Waals surface area (Å²) in [5, 5.41) is 25.5. The van der Waals surface area contributed by atoms with Crippen molar-refractivity contribution in [1.29, 1.82) is 0 Å². The van der Waals surface area contributed by atoms with Crippen molar-refractivity contribution < 1.29 is 42.1 Å². The third-order valence-corrected chi connectivity index (χ3v) is 6.26. The molecule has 35 heavy (non-hydrogen) atoms. The van der Waals surface area contributed by atoms with E-state index in [0.717, 1.165) is 24.4 Å². The fourth-order valence-corrected chi connectivity index (χ4v) is 3.99. The van der Waals surface area contributed by atoms with Gasteiger partial charge in [-0.3, -0.25) is 14.6 Å². The molecule has 1 aliphatic carbocycles. The Labute approximate surface area is 197 Å². The van der Waals surface area contributed by atoms with Gasteiger partial charge in [-0.05, 0) is 37.1 Å². The average molecular weight is 497 g/mol. The zero-order valence-electron chi connectivity index (χ0n) is 18.4. The summed E-state index contributed by atoms with van der Waals surface area (Å²) in [5.74, 6) is -2.90. The van der Waals surface area contributed by atoms with E-state index in [0.29, 0.717) is 0 Å². The second kappa shape index (κ2) is 9.08. The van der Waals surface area contributed by atoms with Crippen LogP contribution in [0.5, 0.6) is 5.75 Å². The maximum absolute atomic E-state index is 14.7. The Morgan fingerprint density at radius 2 is 1.80 bits per heavy atom. The molecule has 1 saturated carbocycles. The summed E-state index contributed by atoms with van der Waals surface area (Å²) in [5.41, 5.74) is -4.06. The molecule has 1 aromatic carbocycles. The fourth-order valence-electron chi connectivity index (χ4n) is 3.99. The van der Waals surface area contributed by atoms with Gasteiger partial charge in [0, 0.05) is 49.1 Å². The van der Waals surface area contributed by atoms with Crippen LogP contribution < -0.4 is 10.6 Å². The van der Waals surface area contributed by atoms with Gasteiger partial charge in [0.05, 0.1) is 12.0 Å². The number of halogens is 4. The number of anilines is 1. The predicted molar refractivity (Wildman–Crippen MR) is 114 cm³/mol. The van der Waals surface area contributed by atoms with Crippen LogP contribution in [0.25, 0.3) is 0 Å². The number of rotatable bonds is 6. The van der Waals surface area contributed by atoms with Crippen molar-refractivity contribution in [2.75, 3.05) is 18.5 Å². The van der Waals surface area contributed by atoms with Gasteiger partial charge in [-0.2, -0.15) is 13.2 Å². The minimum Gasteiger partial charge on any atom is -0.508 e. The molecule has 12 heteroatoms. The van der Waals surface area contributed by atoms with Gasteiger partial charge in [0.15, 0.2) is 0 Å².